The monoisotopic (exact) mass is 480 g/mol. The van der Waals surface area contributed by atoms with E-state index in [1.807, 2.05) is 5.32 Å². The first kappa shape index (κ1) is 21.4. The molecule has 5 nitrogen and oxygen atoms in total. The number of nitrogens with one attached hydrogen (secondary N) is 2. The number of halogens is 4. The van der Waals surface area contributed by atoms with Crippen LogP contribution in [-0.2, 0) is 0 Å². The molecule has 4 rings (SSSR count). The van der Waals surface area contributed by atoms with Gasteiger partial charge in [-0.05, 0) is 42.5 Å². The van der Waals surface area contributed by atoms with Gasteiger partial charge in [-0.25, -0.2) is 13.6 Å². The van der Waals surface area contributed by atoms with Gasteiger partial charge in [-0.3, -0.25) is 10.1 Å². The van der Waals surface area contributed by atoms with E-state index in [1.165, 1.54) is 11.8 Å². The Kier molecular flexibility index (Phi) is 6.04. The Labute approximate surface area is 189 Å². The van der Waals surface area contributed by atoms with Gasteiger partial charge in [-0.15, -0.1) is 0 Å². The highest BCUT2D eigenvalue weighted by Crippen LogP contribution is 2.50. The molecular formula is C21H12Cl2F2N2O3S. The van der Waals surface area contributed by atoms with Gasteiger partial charge in [0.1, 0.15) is 22.9 Å². The number of urea groups is 1. The van der Waals surface area contributed by atoms with Crippen LogP contribution in [0.2, 0.25) is 10.0 Å². The first-order valence-electron chi connectivity index (χ1n) is 8.80. The molecule has 0 aliphatic carbocycles. The van der Waals surface area contributed by atoms with Gasteiger partial charge in [0.25, 0.3) is 5.91 Å². The number of ether oxygens (including phenoxy) is 1. The minimum Gasteiger partial charge on any atom is -0.473 e. The van der Waals surface area contributed by atoms with Crippen LogP contribution < -0.4 is 15.4 Å². The van der Waals surface area contributed by atoms with E-state index in [4.69, 9.17) is 27.9 Å². The molecule has 2 N–H and O–H groups in total. The van der Waals surface area contributed by atoms with Gasteiger partial charge in [-0.2, -0.15) is 0 Å². The molecule has 3 aromatic carbocycles. The van der Waals surface area contributed by atoms with Crippen molar-refractivity contribution >= 4 is 52.6 Å². The van der Waals surface area contributed by atoms with Gasteiger partial charge in [0, 0.05) is 21.3 Å². The standard InChI is InChI=1S/C21H12Cl2F2N2O3S/c22-10-4-6-12(13(23)8-10)20-30-16-7-5-11(9-17(16)31-20)26-21(29)27-19(28)18-14(24)2-1-3-15(18)25/h1-9,20H,(H2,26,27,28,29). The number of hydrogen-bond acceptors (Lipinski definition) is 4. The van der Waals surface area contributed by atoms with Crippen LogP contribution >= 0.6 is 35.0 Å². The van der Waals surface area contributed by atoms with Crippen molar-refractivity contribution in [3.8, 4) is 5.75 Å². The topological polar surface area (TPSA) is 67.4 Å². The van der Waals surface area contributed by atoms with Crippen molar-refractivity contribution in [1.29, 1.82) is 0 Å². The number of carbonyl (C=O) groups excluding carboxylic acids is 2. The Morgan fingerprint density at radius 2 is 1.74 bits per heavy atom. The lowest BCUT2D eigenvalue weighted by molar-refractivity contribution is 0.0959. The molecule has 3 amide bonds. The zero-order valence-electron chi connectivity index (χ0n) is 15.4. The Balaban J connectivity index is 1.44. The number of hydrogen-bond donors (Lipinski definition) is 2. The predicted octanol–water partition coefficient (Wildman–Crippen LogP) is 6.42. The van der Waals surface area contributed by atoms with E-state index in [0.717, 1.165) is 28.7 Å². The van der Waals surface area contributed by atoms with Crippen LogP contribution in [-0.4, -0.2) is 11.9 Å². The number of fused-ring (bicyclic) bond motifs is 1. The van der Waals surface area contributed by atoms with Crippen molar-refractivity contribution < 1.29 is 23.1 Å². The third-order valence-corrected chi connectivity index (χ3v) is 6.00. The lowest BCUT2D eigenvalue weighted by Gasteiger charge is -2.11. The van der Waals surface area contributed by atoms with Crippen molar-refractivity contribution in [3.05, 3.63) is 87.4 Å². The molecule has 0 radical (unpaired) electrons. The molecule has 1 unspecified atom stereocenters. The van der Waals surface area contributed by atoms with E-state index in [2.05, 4.69) is 5.32 Å². The van der Waals surface area contributed by atoms with Crippen molar-refractivity contribution in [2.45, 2.75) is 10.3 Å². The fourth-order valence-electron chi connectivity index (χ4n) is 2.89. The molecule has 0 saturated carbocycles. The summed E-state index contributed by atoms with van der Waals surface area (Å²) in [6, 6.07) is 12.0. The van der Waals surface area contributed by atoms with Crippen molar-refractivity contribution in [3.63, 3.8) is 0 Å². The van der Waals surface area contributed by atoms with E-state index in [0.29, 0.717) is 21.5 Å². The molecule has 3 aromatic rings. The lowest BCUT2D eigenvalue weighted by Crippen LogP contribution is -2.35. The zero-order valence-corrected chi connectivity index (χ0v) is 17.7. The van der Waals surface area contributed by atoms with Gasteiger partial charge in [0.05, 0.1) is 4.90 Å². The second kappa shape index (κ2) is 8.74. The van der Waals surface area contributed by atoms with Crippen LogP contribution in [0.1, 0.15) is 21.4 Å². The Morgan fingerprint density at radius 1 is 1.00 bits per heavy atom. The Morgan fingerprint density at radius 3 is 2.45 bits per heavy atom. The molecule has 0 bridgehead atoms. The van der Waals surface area contributed by atoms with E-state index < -0.39 is 34.6 Å². The SMILES string of the molecule is O=C(NC(=O)c1c(F)cccc1F)Nc1ccc2c(c1)SC(c1ccc(Cl)cc1Cl)O2. The second-order valence-electron chi connectivity index (χ2n) is 6.40. The Bertz CT molecular complexity index is 1190. The summed E-state index contributed by atoms with van der Waals surface area (Å²) in [6.07, 6.45) is 0. The van der Waals surface area contributed by atoms with Crippen molar-refractivity contribution in [1.82, 2.24) is 5.32 Å². The summed E-state index contributed by atoms with van der Waals surface area (Å²) in [6.45, 7) is 0. The first-order valence-corrected chi connectivity index (χ1v) is 10.4. The third-order valence-electron chi connectivity index (χ3n) is 4.30. The van der Waals surface area contributed by atoms with E-state index in [1.54, 1.807) is 36.4 Å². The maximum Gasteiger partial charge on any atom is 0.326 e. The van der Waals surface area contributed by atoms with E-state index >= 15 is 0 Å². The Hall–Kier alpha value is -2.81. The molecule has 158 valence electrons. The molecule has 1 heterocycles. The van der Waals surface area contributed by atoms with Crippen LogP contribution in [0.3, 0.4) is 0 Å². The van der Waals surface area contributed by atoms with Crippen LogP contribution in [0.25, 0.3) is 0 Å². The van der Waals surface area contributed by atoms with Gasteiger partial charge in [0.15, 0.2) is 5.44 Å². The number of benzene rings is 3. The molecule has 1 aliphatic rings. The average molecular weight is 481 g/mol. The van der Waals surface area contributed by atoms with Crippen LogP contribution in [0.4, 0.5) is 19.3 Å². The normalized spacial score (nSPS) is 14.5. The molecule has 31 heavy (non-hydrogen) atoms. The molecule has 0 spiro atoms. The highest BCUT2D eigenvalue weighted by Gasteiger charge is 2.27. The number of amides is 3. The van der Waals surface area contributed by atoms with Gasteiger partial charge in [-0.1, -0.05) is 47.1 Å². The maximum atomic E-state index is 13.7. The maximum absolute atomic E-state index is 13.7. The summed E-state index contributed by atoms with van der Waals surface area (Å²) in [5.41, 5.74) is -0.123. The highest BCUT2D eigenvalue weighted by molar-refractivity contribution is 7.99. The van der Waals surface area contributed by atoms with E-state index in [-0.39, 0.29) is 0 Å². The molecule has 0 fully saturated rings. The van der Waals surface area contributed by atoms with Crippen LogP contribution in [0.5, 0.6) is 5.75 Å². The molecule has 1 aliphatic heterocycles. The number of anilines is 1. The minimum absolute atomic E-state index is 0.358. The minimum atomic E-state index is -1.19. The van der Waals surface area contributed by atoms with Gasteiger partial charge < -0.3 is 10.1 Å². The van der Waals surface area contributed by atoms with E-state index in [9.17, 15) is 18.4 Å². The largest absolute Gasteiger partial charge is 0.473 e. The van der Waals surface area contributed by atoms with Gasteiger partial charge in [0.2, 0.25) is 0 Å². The summed E-state index contributed by atoms with van der Waals surface area (Å²) < 4.78 is 33.3. The van der Waals surface area contributed by atoms with Crippen LogP contribution in [0.15, 0.2) is 59.5 Å². The fourth-order valence-corrected chi connectivity index (χ4v) is 4.61. The van der Waals surface area contributed by atoms with Crippen LogP contribution in [0, 0.1) is 11.6 Å². The van der Waals surface area contributed by atoms with Gasteiger partial charge >= 0.3 is 6.03 Å². The second-order valence-corrected chi connectivity index (χ2v) is 8.35. The predicted molar refractivity (Wildman–Crippen MR) is 115 cm³/mol. The summed E-state index contributed by atoms with van der Waals surface area (Å²) in [5, 5.41) is 5.34. The van der Waals surface area contributed by atoms with Crippen molar-refractivity contribution in [2.24, 2.45) is 0 Å². The number of imide groups is 1. The molecule has 0 aromatic heterocycles. The average Bonchev–Trinajstić information content (AvgIpc) is 3.10. The zero-order chi connectivity index (χ0) is 22.1. The lowest BCUT2D eigenvalue weighted by atomic mass is 10.2. The number of rotatable bonds is 3. The smallest absolute Gasteiger partial charge is 0.326 e. The summed E-state index contributed by atoms with van der Waals surface area (Å²) in [7, 11) is 0. The summed E-state index contributed by atoms with van der Waals surface area (Å²) >= 11 is 13.6. The molecule has 1 atom stereocenters. The first-order chi connectivity index (χ1) is 14.8. The molecule has 10 heteroatoms. The third kappa shape index (κ3) is 4.61. The molecule has 0 saturated heterocycles. The quantitative estimate of drug-likeness (QED) is 0.453. The fraction of sp³-hybridized carbons (Fsp3) is 0.0476. The number of carbonyl (C=O) groups is 2. The summed E-state index contributed by atoms with van der Waals surface area (Å²) in [4.78, 5) is 24.9. The molecular weight excluding hydrogens is 469 g/mol. The number of thioether (sulfide) groups is 1. The summed E-state index contributed by atoms with van der Waals surface area (Å²) in [5.74, 6) is -2.73. The highest BCUT2D eigenvalue weighted by atomic mass is 35.5. The van der Waals surface area contributed by atoms with Crippen molar-refractivity contribution in [2.75, 3.05) is 5.32 Å².